The Bertz CT molecular complexity index is 1020. The van der Waals surface area contributed by atoms with Gasteiger partial charge in [0.15, 0.2) is 5.82 Å². The molecule has 4 aromatic rings. The number of aromatic nitrogens is 3. The van der Waals surface area contributed by atoms with Gasteiger partial charge in [-0.1, -0.05) is 48.5 Å². The Morgan fingerprint density at radius 1 is 0.926 bits per heavy atom. The van der Waals surface area contributed by atoms with Gasteiger partial charge >= 0.3 is 0 Å². The second-order valence-electron chi connectivity index (χ2n) is 6.33. The van der Waals surface area contributed by atoms with E-state index < -0.39 is 0 Å². The molecule has 1 atom stereocenters. The van der Waals surface area contributed by atoms with Crippen molar-refractivity contribution < 1.29 is 4.79 Å². The Morgan fingerprint density at radius 2 is 1.56 bits per heavy atom. The molecule has 134 valence electrons. The highest BCUT2D eigenvalue weighted by Crippen LogP contribution is 2.21. The molecule has 1 N–H and O–H groups in total. The summed E-state index contributed by atoms with van der Waals surface area (Å²) >= 11 is 0. The predicted octanol–water partition coefficient (Wildman–Crippen LogP) is 4.15. The smallest absolute Gasteiger partial charge is 0.257 e. The normalized spacial score (nSPS) is 11.9. The molecular formula is C22H20N4O. The Labute approximate surface area is 157 Å². The Kier molecular flexibility index (Phi) is 4.58. The van der Waals surface area contributed by atoms with Gasteiger partial charge in [-0.2, -0.15) is 5.10 Å². The van der Waals surface area contributed by atoms with Gasteiger partial charge < -0.3 is 9.88 Å². The van der Waals surface area contributed by atoms with Crippen LogP contribution in [0, 0.1) is 0 Å². The number of nitrogens with one attached hydrogen (secondary N) is 1. The monoisotopic (exact) mass is 356 g/mol. The molecular weight excluding hydrogens is 336 g/mol. The van der Waals surface area contributed by atoms with Crippen LogP contribution in [0.1, 0.15) is 28.9 Å². The maximum Gasteiger partial charge on any atom is 0.257 e. The molecule has 0 unspecified atom stereocenters. The molecule has 0 bridgehead atoms. The minimum Gasteiger partial charge on any atom is -0.345 e. The van der Waals surface area contributed by atoms with E-state index in [1.54, 1.807) is 10.9 Å². The van der Waals surface area contributed by atoms with Crippen molar-refractivity contribution in [3.8, 4) is 11.5 Å². The molecule has 2 aromatic heterocycles. The van der Waals surface area contributed by atoms with Crippen LogP contribution >= 0.6 is 0 Å². The fourth-order valence-electron chi connectivity index (χ4n) is 3.08. The molecule has 5 nitrogen and oxygen atoms in total. The molecule has 0 radical (unpaired) electrons. The first-order valence-corrected chi connectivity index (χ1v) is 8.86. The number of rotatable bonds is 5. The van der Waals surface area contributed by atoms with E-state index in [1.807, 2.05) is 96.7 Å². The van der Waals surface area contributed by atoms with E-state index >= 15 is 0 Å². The average Bonchev–Trinajstić information content (AvgIpc) is 3.38. The fourth-order valence-corrected chi connectivity index (χ4v) is 3.08. The zero-order valence-electron chi connectivity index (χ0n) is 15.0. The Morgan fingerprint density at radius 3 is 2.22 bits per heavy atom. The van der Waals surface area contributed by atoms with Crippen LogP contribution < -0.4 is 5.32 Å². The van der Waals surface area contributed by atoms with E-state index in [-0.39, 0.29) is 11.9 Å². The summed E-state index contributed by atoms with van der Waals surface area (Å²) in [6.07, 6.45) is 5.44. The summed E-state index contributed by atoms with van der Waals surface area (Å²) in [4.78, 5) is 13.0. The number of carbonyl (C=O) groups is 1. The van der Waals surface area contributed by atoms with Crippen LogP contribution in [-0.2, 0) is 0 Å². The molecule has 0 aliphatic heterocycles. The van der Waals surface area contributed by atoms with Crippen molar-refractivity contribution in [3.05, 3.63) is 103 Å². The Hall–Kier alpha value is -3.60. The number of carbonyl (C=O) groups excluding carboxylic acids is 1. The Balaban J connectivity index is 1.71. The maximum atomic E-state index is 13.0. The topological polar surface area (TPSA) is 51.9 Å². The van der Waals surface area contributed by atoms with Gasteiger partial charge in [-0.25, -0.2) is 4.68 Å². The largest absolute Gasteiger partial charge is 0.345 e. The van der Waals surface area contributed by atoms with Crippen LogP contribution in [0.4, 0.5) is 0 Å². The molecule has 2 aromatic carbocycles. The van der Waals surface area contributed by atoms with E-state index in [2.05, 4.69) is 10.4 Å². The lowest BCUT2D eigenvalue weighted by Gasteiger charge is -2.15. The van der Waals surface area contributed by atoms with E-state index in [4.69, 9.17) is 0 Å². The summed E-state index contributed by atoms with van der Waals surface area (Å²) in [5.41, 5.74) is 2.48. The second kappa shape index (κ2) is 7.33. The molecule has 0 spiro atoms. The van der Waals surface area contributed by atoms with Crippen molar-refractivity contribution in [2.75, 3.05) is 0 Å². The molecule has 0 fully saturated rings. The van der Waals surface area contributed by atoms with Crippen LogP contribution in [0.25, 0.3) is 11.5 Å². The summed E-state index contributed by atoms with van der Waals surface area (Å²) in [6, 6.07) is 23.5. The number of benzene rings is 2. The lowest BCUT2D eigenvalue weighted by molar-refractivity contribution is 0.0940. The van der Waals surface area contributed by atoms with Crippen molar-refractivity contribution >= 4 is 5.91 Å². The lowest BCUT2D eigenvalue weighted by Crippen LogP contribution is -2.27. The third-order valence-corrected chi connectivity index (χ3v) is 4.49. The lowest BCUT2D eigenvalue weighted by atomic mass is 10.1. The summed E-state index contributed by atoms with van der Waals surface area (Å²) in [6.45, 7) is 1.98. The molecule has 1 amide bonds. The quantitative estimate of drug-likeness (QED) is 0.584. The fraction of sp³-hybridized carbons (Fsp3) is 0.0909. The number of para-hydroxylation sites is 1. The predicted molar refractivity (Wildman–Crippen MR) is 105 cm³/mol. The average molecular weight is 356 g/mol. The summed E-state index contributed by atoms with van der Waals surface area (Å²) in [7, 11) is 0. The molecule has 0 aliphatic carbocycles. The third-order valence-electron chi connectivity index (χ3n) is 4.49. The molecule has 5 heteroatoms. The molecule has 2 heterocycles. The van der Waals surface area contributed by atoms with Crippen molar-refractivity contribution in [1.82, 2.24) is 19.7 Å². The van der Waals surface area contributed by atoms with Gasteiger partial charge in [0.1, 0.15) is 5.56 Å². The first-order chi connectivity index (χ1) is 13.2. The van der Waals surface area contributed by atoms with Gasteiger partial charge in [0.2, 0.25) is 0 Å². The van der Waals surface area contributed by atoms with Crippen LogP contribution in [-0.4, -0.2) is 20.3 Å². The number of hydrogen-bond donors (Lipinski definition) is 1. The highest BCUT2D eigenvalue weighted by Gasteiger charge is 2.21. The van der Waals surface area contributed by atoms with Gasteiger partial charge in [-0.05, 0) is 36.8 Å². The van der Waals surface area contributed by atoms with Crippen LogP contribution in [0.2, 0.25) is 0 Å². The standard InChI is InChI=1S/C22H20N4O/c1-17(18-10-4-2-5-11-18)24-21(27)20-16-23-26(19-12-6-3-7-13-19)22(20)25-14-8-9-15-25/h2-17H,1H3,(H,24,27)/t17-/m1/s1. The molecule has 0 saturated carbocycles. The van der Waals surface area contributed by atoms with Crippen LogP contribution in [0.15, 0.2) is 91.4 Å². The summed E-state index contributed by atoms with van der Waals surface area (Å²) < 4.78 is 3.68. The van der Waals surface area contributed by atoms with E-state index in [0.29, 0.717) is 11.4 Å². The van der Waals surface area contributed by atoms with Gasteiger partial charge in [-0.15, -0.1) is 0 Å². The highest BCUT2D eigenvalue weighted by molar-refractivity contribution is 5.97. The van der Waals surface area contributed by atoms with E-state index in [0.717, 1.165) is 11.3 Å². The summed E-state index contributed by atoms with van der Waals surface area (Å²) in [5, 5.41) is 7.55. The number of hydrogen-bond acceptors (Lipinski definition) is 2. The minimum atomic E-state index is -0.155. The van der Waals surface area contributed by atoms with Gasteiger partial charge in [0.25, 0.3) is 5.91 Å². The SMILES string of the molecule is C[C@@H](NC(=O)c1cnn(-c2ccccc2)c1-n1cccc1)c1ccccc1. The zero-order chi connectivity index (χ0) is 18.6. The van der Waals surface area contributed by atoms with Gasteiger partial charge in [-0.3, -0.25) is 4.79 Å². The first kappa shape index (κ1) is 16.8. The van der Waals surface area contributed by atoms with Crippen molar-refractivity contribution in [3.63, 3.8) is 0 Å². The van der Waals surface area contributed by atoms with Crippen LogP contribution in [0.3, 0.4) is 0 Å². The maximum absolute atomic E-state index is 13.0. The van der Waals surface area contributed by atoms with Gasteiger partial charge in [0.05, 0.1) is 17.9 Å². The van der Waals surface area contributed by atoms with E-state index in [9.17, 15) is 4.79 Å². The van der Waals surface area contributed by atoms with Crippen LogP contribution in [0.5, 0.6) is 0 Å². The molecule has 0 saturated heterocycles. The number of amides is 1. The van der Waals surface area contributed by atoms with Crippen molar-refractivity contribution in [2.45, 2.75) is 13.0 Å². The first-order valence-electron chi connectivity index (χ1n) is 8.86. The van der Waals surface area contributed by atoms with Crippen molar-refractivity contribution in [1.29, 1.82) is 0 Å². The second-order valence-corrected chi connectivity index (χ2v) is 6.33. The van der Waals surface area contributed by atoms with E-state index in [1.165, 1.54) is 0 Å². The molecule has 0 aliphatic rings. The van der Waals surface area contributed by atoms with Gasteiger partial charge in [0, 0.05) is 12.4 Å². The third kappa shape index (κ3) is 3.40. The number of nitrogens with zero attached hydrogens (tertiary/aromatic N) is 3. The molecule has 27 heavy (non-hydrogen) atoms. The summed E-state index contributed by atoms with van der Waals surface area (Å²) in [5.74, 6) is 0.557. The highest BCUT2D eigenvalue weighted by atomic mass is 16.1. The zero-order valence-corrected chi connectivity index (χ0v) is 15.0. The molecule has 4 rings (SSSR count). The minimum absolute atomic E-state index is 0.101. The van der Waals surface area contributed by atoms with Crippen molar-refractivity contribution in [2.24, 2.45) is 0 Å².